The number of para-hydroxylation sites is 1. The van der Waals surface area contributed by atoms with Crippen LogP contribution in [0.1, 0.15) is 16.7 Å². The number of hydrogen-bond donors (Lipinski definition) is 1. The number of hydrogen-bond acceptors (Lipinski definition) is 2. The van der Waals surface area contributed by atoms with Crippen molar-refractivity contribution in [3.05, 3.63) is 64.2 Å². The van der Waals surface area contributed by atoms with Crippen LogP contribution in [-0.4, -0.2) is 23.9 Å². The van der Waals surface area contributed by atoms with Gasteiger partial charge in [0.2, 0.25) is 5.91 Å². The number of halogens is 4. The summed E-state index contributed by atoms with van der Waals surface area (Å²) in [5, 5.41) is 2.09. The van der Waals surface area contributed by atoms with Crippen LogP contribution in [0.15, 0.2) is 42.5 Å². The van der Waals surface area contributed by atoms with Gasteiger partial charge in [0.1, 0.15) is 0 Å². The van der Waals surface area contributed by atoms with Gasteiger partial charge in [-0.15, -0.1) is 6.42 Å². The number of carbonyl (C=O) groups is 1. The molecule has 0 aliphatic carbocycles. The Morgan fingerprint density at radius 3 is 2.48 bits per heavy atom. The highest BCUT2D eigenvalue weighted by Gasteiger charge is 2.34. The summed E-state index contributed by atoms with van der Waals surface area (Å²) < 4.78 is 39.4. The minimum Gasteiger partial charge on any atom is -0.323 e. The summed E-state index contributed by atoms with van der Waals surface area (Å²) >= 11 is 5.86. The van der Waals surface area contributed by atoms with E-state index in [1.807, 2.05) is 31.2 Å². The molecule has 0 saturated carbocycles. The maximum Gasteiger partial charge on any atom is 0.418 e. The van der Waals surface area contributed by atoms with Crippen molar-refractivity contribution in [2.45, 2.75) is 19.6 Å². The second kappa shape index (κ2) is 8.94. The molecule has 0 unspecified atom stereocenters. The Labute approximate surface area is 161 Å². The van der Waals surface area contributed by atoms with Gasteiger partial charge in [0, 0.05) is 6.54 Å². The number of nitrogens with zero attached hydrogens (tertiary/aromatic N) is 1. The fourth-order valence-corrected chi connectivity index (χ4v) is 2.74. The van der Waals surface area contributed by atoms with Crippen LogP contribution in [0.4, 0.5) is 18.9 Å². The van der Waals surface area contributed by atoms with Gasteiger partial charge in [-0.1, -0.05) is 53.4 Å². The third-order valence-electron chi connectivity index (χ3n) is 3.79. The number of benzene rings is 2. The van der Waals surface area contributed by atoms with Gasteiger partial charge >= 0.3 is 6.18 Å². The Bertz CT molecular complexity index is 842. The Kier molecular flexibility index (Phi) is 6.89. The lowest BCUT2D eigenvalue weighted by atomic mass is 10.1. The highest BCUT2D eigenvalue weighted by molar-refractivity contribution is 6.34. The highest BCUT2D eigenvalue weighted by atomic mass is 35.5. The largest absolute Gasteiger partial charge is 0.418 e. The average molecular weight is 395 g/mol. The second-order valence-electron chi connectivity index (χ2n) is 6.04. The monoisotopic (exact) mass is 394 g/mol. The van der Waals surface area contributed by atoms with Crippen LogP contribution in [0.5, 0.6) is 0 Å². The molecule has 0 aliphatic heterocycles. The molecule has 2 rings (SSSR count). The predicted octanol–water partition coefficient (Wildman–Crippen LogP) is 4.74. The molecule has 0 aromatic heterocycles. The summed E-state index contributed by atoms with van der Waals surface area (Å²) in [6.07, 6.45) is 0.717. The number of alkyl halides is 3. The standard InChI is InChI=1S/C20H18ClF3N2O/c1-3-11-26(12-15-9-7-14(2)8-10-15)13-18(27)25-19-16(20(22,23)24)5-4-6-17(19)21/h1,4-10H,11-13H2,2H3,(H,25,27). The lowest BCUT2D eigenvalue weighted by molar-refractivity contribution is -0.137. The maximum absolute atomic E-state index is 13.1. The number of nitrogens with one attached hydrogen (secondary N) is 1. The summed E-state index contributed by atoms with van der Waals surface area (Å²) in [4.78, 5) is 14.0. The van der Waals surface area contributed by atoms with Gasteiger partial charge in [-0.05, 0) is 24.6 Å². The Hall–Kier alpha value is -2.49. The normalized spacial score (nSPS) is 11.3. The van der Waals surface area contributed by atoms with Crippen LogP contribution in [0.2, 0.25) is 5.02 Å². The van der Waals surface area contributed by atoms with E-state index in [0.29, 0.717) is 6.54 Å². The van der Waals surface area contributed by atoms with Gasteiger partial charge in [-0.25, -0.2) is 0 Å². The summed E-state index contributed by atoms with van der Waals surface area (Å²) in [6.45, 7) is 2.36. The molecule has 0 heterocycles. The molecule has 1 N–H and O–H groups in total. The molecule has 0 saturated heterocycles. The first-order valence-electron chi connectivity index (χ1n) is 8.07. The highest BCUT2D eigenvalue weighted by Crippen LogP contribution is 2.38. The van der Waals surface area contributed by atoms with Gasteiger partial charge in [-0.3, -0.25) is 9.69 Å². The Morgan fingerprint density at radius 1 is 1.22 bits per heavy atom. The number of terminal acetylenes is 1. The molecule has 0 radical (unpaired) electrons. The molecule has 142 valence electrons. The molecule has 7 heteroatoms. The van der Waals surface area contributed by atoms with Crippen LogP contribution in [0.3, 0.4) is 0 Å². The van der Waals surface area contributed by atoms with E-state index < -0.39 is 23.3 Å². The van der Waals surface area contributed by atoms with Gasteiger partial charge in [-0.2, -0.15) is 13.2 Å². The van der Waals surface area contributed by atoms with Gasteiger partial charge < -0.3 is 5.32 Å². The molecule has 2 aromatic carbocycles. The zero-order valence-electron chi connectivity index (χ0n) is 14.6. The number of rotatable bonds is 6. The predicted molar refractivity (Wildman–Crippen MR) is 100 cm³/mol. The fourth-order valence-electron chi connectivity index (χ4n) is 2.52. The molecule has 27 heavy (non-hydrogen) atoms. The number of carbonyl (C=O) groups excluding carboxylic acids is 1. The van der Waals surface area contributed by atoms with Crippen molar-refractivity contribution < 1.29 is 18.0 Å². The summed E-state index contributed by atoms with van der Waals surface area (Å²) in [5.74, 6) is 1.83. The Balaban J connectivity index is 2.13. The average Bonchev–Trinajstić information content (AvgIpc) is 2.58. The first-order chi connectivity index (χ1) is 12.7. The molecule has 0 atom stereocenters. The summed E-state index contributed by atoms with van der Waals surface area (Å²) in [7, 11) is 0. The van der Waals surface area contributed by atoms with Crippen LogP contribution < -0.4 is 5.32 Å². The van der Waals surface area contributed by atoms with E-state index in [4.69, 9.17) is 18.0 Å². The first kappa shape index (κ1) is 20.8. The van der Waals surface area contributed by atoms with Crippen LogP contribution >= 0.6 is 11.6 Å². The van der Waals surface area contributed by atoms with Crippen molar-refractivity contribution in [1.82, 2.24) is 4.90 Å². The first-order valence-corrected chi connectivity index (χ1v) is 8.45. The van der Waals surface area contributed by atoms with Crippen molar-refractivity contribution >= 4 is 23.2 Å². The fraction of sp³-hybridized carbons (Fsp3) is 0.250. The van der Waals surface area contributed by atoms with E-state index in [9.17, 15) is 18.0 Å². The summed E-state index contributed by atoms with van der Waals surface area (Å²) in [5.41, 5.74) is 0.591. The van der Waals surface area contributed by atoms with Crippen LogP contribution in [0, 0.1) is 19.3 Å². The van der Waals surface area contributed by atoms with Crippen molar-refractivity contribution in [3.63, 3.8) is 0 Å². The van der Waals surface area contributed by atoms with E-state index in [0.717, 1.165) is 17.2 Å². The molecule has 2 aromatic rings. The molecule has 0 fully saturated rings. The molecular weight excluding hydrogens is 377 g/mol. The van der Waals surface area contributed by atoms with E-state index in [1.165, 1.54) is 12.1 Å². The van der Waals surface area contributed by atoms with Crippen LogP contribution in [0.25, 0.3) is 0 Å². The van der Waals surface area contributed by atoms with Crippen molar-refractivity contribution in [2.24, 2.45) is 0 Å². The molecule has 3 nitrogen and oxygen atoms in total. The smallest absolute Gasteiger partial charge is 0.323 e. The third-order valence-corrected chi connectivity index (χ3v) is 4.11. The zero-order chi connectivity index (χ0) is 20.0. The quantitative estimate of drug-likeness (QED) is 0.718. The van der Waals surface area contributed by atoms with Crippen molar-refractivity contribution in [2.75, 3.05) is 18.4 Å². The van der Waals surface area contributed by atoms with Gasteiger partial charge in [0.05, 0.1) is 29.4 Å². The molecule has 1 amide bonds. The second-order valence-corrected chi connectivity index (χ2v) is 6.45. The molecule has 0 spiro atoms. The molecule has 0 aliphatic rings. The van der Waals surface area contributed by atoms with Crippen molar-refractivity contribution in [1.29, 1.82) is 0 Å². The van der Waals surface area contributed by atoms with Gasteiger partial charge in [0.15, 0.2) is 0 Å². The van der Waals surface area contributed by atoms with Crippen molar-refractivity contribution in [3.8, 4) is 12.3 Å². The topological polar surface area (TPSA) is 32.3 Å². The maximum atomic E-state index is 13.1. The minimum absolute atomic E-state index is 0.166. The minimum atomic E-state index is -4.63. The van der Waals surface area contributed by atoms with E-state index in [2.05, 4.69) is 11.2 Å². The number of amides is 1. The zero-order valence-corrected chi connectivity index (χ0v) is 15.4. The van der Waals surface area contributed by atoms with Crippen LogP contribution in [-0.2, 0) is 17.5 Å². The summed E-state index contributed by atoms with van der Waals surface area (Å²) in [6, 6.07) is 11.0. The van der Waals surface area contributed by atoms with E-state index in [-0.39, 0.29) is 18.1 Å². The molecule has 0 bridgehead atoms. The van der Waals surface area contributed by atoms with E-state index in [1.54, 1.807) is 4.90 Å². The number of aryl methyl sites for hydroxylation is 1. The third kappa shape index (κ3) is 6.02. The Morgan fingerprint density at radius 2 is 1.89 bits per heavy atom. The van der Waals surface area contributed by atoms with Gasteiger partial charge in [0.25, 0.3) is 0 Å². The lowest BCUT2D eigenvalue weighted by Crippen LogP contribution is -2.33. The molecular formula is C20H18ClF3N2O. The SMILES string of the molecule is C#CCN(CC(=O)Nc1c(Cl)cccc1C(F)(F)F)Cc1ccc(C)cc1. The number of anilines is 1. The van der Waals surface area contributed by atoms with E-state index >= 15 is 0 Å². The lowest BCUT2D eigenvalue weighted by Gasteiger charge is -2.21.